The second-order valence-corrected chi connectivity index (χ2v) is 6.35. The van der Waals surface area contributed by atoms with Crippen LogP contribution in [0.5, 0.6) is 0 Å². The lowest BCUT2D eigenvalue weighted by atomic mass is 9.94. The van der Waals surface area contributed by atoms with Gasteiger partial charge >= 0.3 is 0 Å². The van der Waals surface area contributed by atoms with Crippen LogP contribution in [0.2, 0.25) is 0 Å². The Labute approximate surface area is 126 Å². The van der Waals surface area contributed by atoms with Crippen molar-refractivity contribution in [1.82, 2.24) is 14.9 Å². The third-order valence-electron chi connectivity index (χ3n) is 4.09. The molecule has 0 bridgehead atoms. The minimum absolute atomic E-state index is 0.212. The van der Waals surface area contributed by atoms with Crippen molar-refractivity contribution in [3.63, 3.8) is 0 Å². The maximum atomic E-state index is 6.18. The van der Waals surface area contributed by atoms with Gasteiger partial charge in [0.15, 0.2) is 0 Å². The van der Waals surface area contributed by atoms with Gasteiger partial charge in [-0.15, -0.1) is 0 Å². The van der Waals surface area contributed by atoms with Gasteiger partial charge in [-0.3, -0.25) is 0 Å². The Morgan fingerprint density at radius 3 is 2.95 bits per heavy atom. The summed E-state index contributed by atoms with van der Waals surface area (Å²) in [6.07, 6.45) is 4.60. The first-order valence-corrected chi connectivity index (χ1v) is 7.55. The number of anilines is 1. The smallest absolute Gasteiger partial charge is 0.225 e. The van der Waals surface area contributed by atoms with Crippen molar-refractivity contribution in [1.29, 1.82) is 0 Å². The van der Waals surface area contributed by atoms with E-state index in [4.69, 9.17) is 9.47 Å². The molecule has 6 nitrogen and oxygen atoms in total. The fourth-order valence-corrected chi connectivity index (χ4v) is 3.31. The van der Waals surface area contributed by atoms with E-state index >= 15 is 0 Å². The Kier molecular flexibility index (Phi) is 4.37. The highest BCUT2D eigenvalue weighted by Crippen LogP contribution is 2.33. The summed E-state index contributed by atoms with van der Waals surface area (Å²) in [7, 11) is 4.22. The molecule has 6 heteroatoms. The van der Waals surface area contributed by atoms with Gasteiger partial charge in [0.2, 0.25) is 5.95 Å². The number of nitrogens with zero attached hydrogens (tertiary/aromatic N) is 4. The summed E-state index contributed by atoms with van der Waals surface area (Å²) in [6.45, 7) is 4.85. The first-order valence-electron chi connectivity index (χ1n) is 7.55. The second-order valence-electron chi connectivity index (χ2n) is 6.35. The molecule has 2 aliphatic heterocycles. The second kappa shape index (κ2) is 6.25. The maximum Gasteiger partial charge on any atom is 0.225 e. The van der Waals surface area contributed by atoms with Gasteiger partial charge in [0.05, 0.1) is 26.4 Å². The SMILES string of the molecule is CN(C)CC1COC2(COCCN(c3ncccn3)C2)C1. The van der Waals surface area contributed by atoms with Crippen LogP contribution in [0.1, 0.15) is 6.42 Å². The Morgan fingerprint density at radius 2 is 2.19 bits per heavy atom. The number of aromatic nitrogens is 2. The van der Waals surface area contributed by atoms with Gasteiger partial charge in [0.25, 0.3) is 0 Å². The fourth-order valence-electron chi connectivity index (χ4n) is 3.31. The van der Waals surface area contributed by atoms with Gasteiger partial charge in [-0.05, 0) is 32.5 Å². The topological polar surface area (TPSA) is 50.7 Å². The predicted molar refractivity (Wildman–Crippen MR) is 80.4 cm³/mol. The fraction of sp³-hybridized carbons (Fsp3) is 0.733. The summed E-state index contributed by atoms with van der Waals surface area (Å²) in [5.41, 5.74) is -0.212. The van der Waals surface area contributed by atoms with Crippen LogP contribution in [0, 0.1) is 5.92 Å². The molecule has 1 aromatic heterocycles. The minimum atomic E-state index is -0.212. The quantitative estimate of drug-likeness (QED) is 0.815. The first-order chi connectivity index (χ1) is 10.2. The van der Waals surface area contributed by atoms with Gasteiger partial charge in [-0.1, -0.05) is 0 Å². The Hall–Kier alpha value is -1.24. The Morgan fingerprint density at radius 1 is 1.38 bits per heavy atom. The van der Waals surface area contributed by atoms with Crippen LogP contribution in [0.25, 0.3) is 0 Å². The predicted octanol–water partition coefficient (Wildman–Crippen LogP) is 0.650. The highest BCUT2D eigenvalue weighted by atomic mass is 16.5. The summed E-state index contributed by atoms with van der Waals surface area (Å²) >= 11 is 0. The van der Waals surface area contributed by atoms with E-state index < -0.39 is 0 Å². The van der Waals surface area contributed by atoms with Crippen LogP contribution in [0.3, 0.4) is 0 Å². The van der Waals surface area contributed by atoms with E-state index in [-0.39, 0.29) is 5.60 Å². The van der Waals surface area contributed by atoms with Gasteiger partial charge < -0.3 is 19.3 Å². The Balaban J connectivity index is 1.71. The van der Waals surface area contributed by atoms with Crippen LogP contribution >= 0.6 is 0 Å². The van der Waals surface area contributed by atoms with E-state index in [1.807, 2.05) is 6.07 Å². The zero-order valence-electron chi connectivity index (χ0n) is 12.9. The lowest BCUT2D eigenvalue weighted by Gasteiger charge is -2.31. The zero-order valence-corrected chi connectivity index (χ0v) is 12.9. The third-order valence-corrected chi connectivity index (χ3v) is 4.09. The van der Waals surface area contributed by atoms with E-state index in [0.717, 1.165) is 38.6 Å². The van der Waals surface area contributed by atoms with E-state index in [1.165, 1.54) is 0 Å². The normalized spacial score (nSPS) is 30.0. The summed E-state index contributed by atoms with van der Waals surface area (Å²) in [5.74, 6) is 1.34. The molecule has 0 aromatic carbocycles. The molecule has 1 aromatic rings. The first kappa shape index (κ1) is 14.7. The van der Waals surface area contributed by atoms with Gasteiger partial charge in [0, 0.05) is 25.5 Å². The molecule has 3 heterocycles. The van der Waals surface area contributed by atoms with Gasteiger partial charge in [-0.2, -0.15) is 0 Å². The molecule has 0 aliphatic carbocycles. The van der Waals surface area contributed by atoms with Crippen molar-refractivity contribution in [3.05, 3.63) is 18.5 Å². The maximum absolute atomic E-state index is 6.18. The van der Waals surface area contributed by atoms with Crippen LogP contribution in [-0.4, -0.2) is 74.0 Å². The Bertz CT molecular complexity index is 456. The van der Waals surface area contributed by atoms with Gasteiger partial charge in [-0.25, -0.2) is 9.97 Å². The molecule has 0 N–H and O–H groups in total. The van der Waals surface area contributed by atoms with Crippen molar-refractivity contribution < 1.29 is 9.47 Å². The largest absolute Gasteiger partial charge is 0.377 e. The summed E-state index contributed by atoms with van der Waals surface area (Å²) < 4.78 is 12.0. The molecule has 0 saturated carbocycles. The van der Waals surface area contributed by atoms with Crippen LogP contribution in [0.4, 0.5) is 5.95 Å². The minimum Gasteiger partial charge on any atom is -0.377 e. The van der Waals surface area contributed by atoms with Crippen LogP contribution in [0.15, 0.2) is 18.5 Å². The van der Waals surface area contributed by atoms with Crippen molar-refractivity contribution in [2.75, 3.05) is 58.5 Å². The molecular weight excluding hydrogens is 268 g/mol. The number of rotatable bonds is 3. The number of hydrogen-bond donors (Lipinski definition) is 0. The molecule has 3 rings (SSSR count). The van der Waals surface area contributed by atoms with Crippen molar-refractivity contribution in [2.24, 2.45) is 5.92 Å². The van der Waals surface area contributed by atoms with Crippen molar-refractivity contribution >= 4 is 5.95 Å². The van der Waals surface area contributed by atoms with Gasteiger partial charge in [0.1, 0.15) is 5.60 Å². The summed E-state index contributed by atoms with van der Waals surface area (Å²) in [5, 5.41) is 0. The lowest BCUT2D eigenvalue weighted by Crippen LogP contribution is -2.44. The average Bonchev–Trinajstić information content (AvgIpc) is 2.73. The number of hydrogen-bond acceptors (Lipinski definition) is 6. The molecule has 116 valence electrons. The highest BCUT2D eigenvalue weighted by Gasteiger charge is 2.43. The van der Waals surface area contributed by atoms with Crippen LogP contribution < -0.4 is 4.90 Å². The highest BCUT2D eigenvalue weighted by molar-refractivity contribution is 5.30. The third kappa shape index (κ3) is 3.51. The van der Waals surface area contributed by atoms with E-state index in [1.54, 1.807) is 12.4 Å². The molecular formula is C15H24N4O2. The van der Waals surface area contributed by atoms with E-state index in [9.17, 15) is 0 Å². The van der Waals surface area contributed by atoms with E-state index in [0.29, 0.717) is 19.1 Å². The molecule has 0 radical (unpaired) electrons. The monoisotopic (exact) mass is 292 g/mol. The van der Waals surface area contributed by atoms with E-state index in [2.05, 4.69) is 33.9 Å². The summed E-state index contributed by atoms with van der Waals surface area (Å²) in [4.78, 5) is 13.1. The average molecular weight is 292 g/mol. The molecule has 2 fully saturated rings. The molecule has 0 amide bonds. The standard InChI is InChI=1S/C15H24N4O2/c1-18(2)9-13-8-15(21-10-13)11-19(6-7-20-12-15)14-16-4-3-5-17-14/h3-5,13H,6-12H2,1-2H3. The molecule has 2 aliphatic rings. The molecule has 2 unspecified atom stereocenters. The zero-order chi connectivity index (χ0) is 14.7. The summed E-state index contributed by atoms with van der Waals surface area (Å²) in [6, 6.07) is 1.84. The molecule has 21 heavy (non-hydrogen) atoms. The van der Waals surface area contributed by atoms with Crippen molar-refractivity contribution in [3.8, 4) is 0 Å². The molecule has 2 atom stereocenters. The molecule has 1 spiro atoms. The van der Waals surface area contributed by atoms with Crippen LogP contribution in [-0.2, 0) is 9.47 Å². The molecule has 2 saturated heterocycles. The lowest BCUT2D eigenvalue weighted by molar-refractivity contribution is -0.0458. The van der Waals surface area contributed by atoms with Crippen molar-refractivity contribution in [2.45, 2.75) is 12.0 Å². The number of ether oxygens (including phenoxy) is 2.